The van der Waals surface area contributed by atoms with Crippen LogP contribution in [0.15, 0.2) is 42.5 Å². The van der Waals surface area contributed by atoms with Crippen LogP contribution in [0.1, 0.15) is 29.2 Å². The van der Waals surface area contributed by atoms with E-state index in [2.05, 4.69) is 18.2 Å². The van der Waals surface area contributed by atoms with Gasteiger partial charge in [0.1, 0.15) is 18.1 Å². The number of benzene rings is 2. The second-order valence-corrected chi connectivity index (χ2v) is 5.17. The number of nitrogens with two attached hydrogens (primary N) is 1. The number of hydrogen-bond donors (Lipinski definition) is 1. The zero-order chi connectivity index (χ0) is 13.9. The molecule has 1 aliphatic heterocycles. The van der Waals surface area contributed by atoms with Crippen molar-refractivity contribution in [3.8, 4) is 11.5 Å². The van der Waals surface area contributed by atoms with Crippen molar-refractivity contribution >= 4 is 0 Å². The van der Waals surface area contributed by atoms with Crippen LogP contribution in [0.2, 0.25) is 0 Å². The third-order valence-electron chi connectivity index (χ3n) is 3.63. The molecule has 3 rings (SSSR count). The van der Waals surface area contributed by atoms with Gasteiger partial charge in [-0.15, -0.1) is 0 Å². The Labute approximate surface area is 119 Å². The first-order valence-corrected chi connectivity index (χ1v) is 6.93. The third-order valence-corrected chi connectivity index (χ3v) is 3.63. The monoisotopic (exact) mass is 269 g/mol. The van der Waals surface area contributed by atoms with Gasteiger partial charge in [-0.3, -0.25) is 0 Å². The lowest BCUT2D eigenvalue weighted by Gasteiger charge is -2.24. The summed E-state index contributed by atoms with van der Waals surface area (Å²) in [6.45, 7) is 3.28. The van der Waals surface area contributed by atoms with Crippen LogP contribution in [-0.2, 0) is 6.61 Å². The second kappa shape index (κ2) is 5.55. The van der Waals surface area contributed by atoms with Crippen molar-refractivity contribution < 1.29 is 9.47 Å². The van der Waals surface area contributed by atoms with Gasteiger partial charge in [0.25, 0.3) is 0 Å². The molecule has 104 valence electrons. The number of rotatable bonds is 3. The molecule has 1 unspecified atom stereocenters. The molecule has 0 aromatic heterocycles. The van der Waals surface area contributed by atoms with Crippen LogP contribution in [0.4, 0.5) is 0 Å². The summed E-state index contributed by atoms with van der Waals surface area (Å²) in [6.07, 6.45) is 0.872. The summed E-state index contributed by atoms with van der Waals surface area (Å²) < 4.78 is 11.6. The van der Waals surface area contributed by atoms with Crippen LogP contribution in [0, 0.1) is 6.92 Å². The maximum Gasteiger partial charge on any atom is 0.127 e. The number of aryl methyl sites for hydroxylation is 1. The lowest BCUT2D eigenvalue weighted by Crippen LogP contribution is -2.20. The van der Waals surface area contributed by atoms with E-state index in [0.717, 1.165) is 34.6 Å². The Kier molecular flexibility index (Phi) is 3.61. The summed E-state index contributed by atoms with van der Waals surface area (Å²) >= 11 is 0. The highest BCUT2D eigenvalue weighted by Gasteiger charge is 2.20. The lowest BCUT2D eigenvalue weighted by molar-refractivity contribution is 0.262. The van der Waals surface area contributed by atoms with E-state index in [-0.39, 0.29) is 6.04 Å². The second-order valence-electron chi connectivity index (χ2n) is 5.17. The molecule has 2 aromatic rings. The molecule has 0 amide bonds. The molecule has 1 atom stereocenters. The molecule has 2 aromatic carbocycles. The van der Waals surface area contributed by atoms with Gasteiger partial charge < -0.3 is 15.2 Å². The molecule has 0 fully saturated rings. The van der Waals surface area contributed by atoms with Crippen LogP contribution in [0.3, 0.4) is 0 Å². The Bertz CT molecular complexity index is 595. The molecule has 3 nitrogen and oxygen atoms in total. The Balaban J connectivity index is 1.80. The quantitative estimate of drug-likeness (QED) is 0.929. The zero-order valence-corrected chi connectivity index (χ0v) is 11.6. The third kappa shape index (κ3) is 2.63. The Morgan fingerprint density at radius 1 is 1.25 bits per heavy atom. The predicted octanol–water partition coefficient (Wildman–Crippen LogP) is 3.36. The van der Waals surface area contributed by atoms with Crippen LogP contribution >= 0.6 is 0 Å². The van der Waals surface area contributed by atoms with E-state index in [1.54, 1.807) is 0 Å². The van der Waals surface area contributed by atoms with Gasteiger partial charge in [0, 0.05) is 24.1 Å². The van der Waals surface area contributed by atoms with Crippen LogP contribution < -0.4 is 15.2 Å². The summed E-state index contributed by atoms with van der Waals surface area (Å²) in [4.78, 5) is 0. The Morgan fingerprint density at radius 2 is 2.05 bits per heavy atom. The molecule has 3 heteroatoms. The van der Waals surface area contributed by atoms with E-state index in [1.165, 1.54) is 0 Å². The maximum absolute atomic E-state index is 6.11. The molecule has 1 heterocycles. The van der Waals surface area contributed by atoms with Gasteiger partial charge >= 0.3 is 0 Å². The molecule has 0 radical (unpaired) electrons. The summed E-state index contributed by atoms with van der Waals surface area (Å²) in [6, 6.07) is 14.3. The molecule has 0 spiro atoms. The van der Waals surface area contributed by atoms with E-state index < -0.39 is 0 Å². The average Bonchev–Trinajstić information content (AvgIpc) is 2.47. The largest absolute Gasteiger partial charge is 0.493 e. The molecule has 1 aliphatic rings. The van der Waals surface area contributed by atoms with Crippen molar-refractivity contribution in [1.82, 2.24) is 0 Å². The van der Waals surface area contributed by atoms with E-state index >= 15 is 0 Å². The summed E-state index contributed by atoms with van der Waals surface area (Å²) in [5.41, 5.74) is 9.45. The van der Waals surface area contributed by atoms with E-state index in [4.69, 9.17) is 15.2 Å². The van der Waals surface area contributed by atoms with Crippen LogP contribution in [0.25, 0.3) is 0 Å². The highest BCUT2D eigenvalue weighted by molar-refractivity contribution is 5.48. The fourth-order valence-corrected chi connectivity index (χ4v) is 2.45. The molecule has 0 aliphatic carbocycles. The standard InChI is InChI=1S/C17H19NO2/c1-12-9-14-15(18)7-8-19-17(14)10-16(12)20-11-13-5-3-2-4-6-13/h2-6,9-10,15H,7-8,11,18H2,1H3. The summed E-state index contributed by atoms with van der Waals surface area (Å²) in [7, 11) is 0. The van der Waals surface area contributed by atoms with Gasteiger partial charge in [-0.05, 0) is 24.1 Å². The molecule has 0 saturated heterocycles. The average molecular weight is 269 g/mol. The van der Waals surface area contributed by atoms with Crippen molar-refractivity contribution in [3.05, 3.63) is 59.2 Å². The van der Waals surface area contributed by atoms with Crippen molar-refractivity contribution in [2.45, 2.75) is 26.0 Å². The Hall–Kier alpha value is -2.00. The van der Waals surface area contributed by atoms with E-state index in [0.29, 0.717) is 13.2 Å². The smallest absolute Gasteiger partial charge is 0.127 e. The molecule has 20 heavy (non-hydrogen) atoms. The van der Waals surface area contributed by atoms with Crippen molar-refractivity contribution in [3.63, 3.8) is 0 Å². The highest BCUT2D eigenvalue weighted by atomic mass is 16.5. The summed E-state index contributed by atoms with van der Waals surface area (Å²) in [5.74, 6) is 1.72. The number of hydrogen-bond acceptors (Lipinski definition) is 3. The predicted molar refractivity (Wildman–Crippen MR) is 79.0 cm³/mol. The minimum absolute atomic E-state index is 0.0700. The normalized spacial score (nSPS) is 17.2. The van der Waals surface area contributed by atoms with E-state index in [9.17, 15) is 0 Å². The van der Waals surface area contributed by atoms with Gasteiger partial charge in [0.05, 0.1) is 6.61 Å². The van der Waals surface area contributed by atoms with Gasteiger partial charge in [0.15, 0.2) is 0 Å². The molecular formula is C17H19NO2. The SMILES string of the molecule is Cc1cc2c(cc1OCc1ccccc1)OCCC2N. The maximum atomic E-state index is 6.11. The number of ether oxygens (including phenoxy) is 2. The molecule has 2 N–H and O–H groups in total. The zero-order valence-electron chi connectivity index (χ0n) is 11.6. The first-order chi connectivity index (χ1) is 9.74. The van der Waals surface area contributed by atoms with Crippen LogP contribution in [0.5, 0.6) is 11.5 Å². The number of fused-ring (bicyclic) bond motifs is 1. The lowest BCUT2D eigenvalue weighted by atomic mass is 9.99. The van der Waals surface area contributed by atoms with Gasteiger partial charge in [-0.2, -0.15) is 0 Å². The Morgan fingerprint density at radius 3 is 2.85 bits per heavy atom. The van der Waals surface area contributed by atoms with Gasteiger partial charge in [-0.25, -0.2) is 0 Å². The minimum atomic E-state index is 0.0700. The van der Waals surface area contributed by atoms with Crippen LogP contribution in [-0.4, -0.2) is 6.61 Å². The van der Waals surface area contributed by atoms with Crippen molar-refractivity contribution in [1.29, 1.82) is 0 Å². The topological polar surface area (TPSA) is 44.5 Å². The van der Waals surface area contributed by atoms with E-state index in [1.807, 2.05) is 31.2 Å². The first kappa shape index (κ1) is 13.0. The van der Waals surface area contributed by atoms with Gasteiger partial charge in [0.2, 0.25) is 0 Å². The fourth-order valence-electron chi connectivity index (χ4n) is 2.45. The molecule has 0 saturated carbocycles. The van der Waals surface area contributed by atoms with Crippen molar-refractivity contribution in [2.24, 2.45) is 5.73 Å². The van der Waals surface area contributed by atoms with Gasteiger partial charge in [-0.1, -0.05) is 30.3 Å². The molecular weight excluding hydrogens is 250 g/mol. The van der Waals surface area contributed by atoms with Crippen molar-refractivity contribution in [2.75, 3.05) is 6.61 Å². The highest BCUT2D eigenvalue weighted by Crippen LogP contribution is 2.36. The fraction of sp³-hybridized carbons (Fsp3) is 0.294. The summed E-state index contributed by atoms with van der Waals surface area (Å²) in [5, 5.41) is 0. The molecule has 0 bridgehead atoms. The first-order valence-electron chi connectivity index (χ1n) is 6.93. The minimum Gasteiger partial charge on any atom is -0.493 e.